The fourth-order valence-electron chi connectivity index (χ4n) is 2.52. The number of benzene rings is 1. The second-order valence-electron chi connectivity index (χ2n) is 5.55. The minimum absolute atomic E-state index is 0.379. The minimum atomic E-state index is 0.379. The monoisotopic (exact) mass is 262 g/mol. The van der Waals surface area contributed by atoms with Gasteiger partial charge in [0.15, 0.2) is 0 Å². The molecule has 1 fully saturated rings. The van der Waals surface area contributed by atoms with Gasteiger partial charge >= 0.3 is 0 Å². The lowest BCUT2D eigenvalue weighted by molar-refractivity contribution is 0.281. The van der Waals surface area contributed by atoms with E-state index in [1.54, 1.807) is 7.11 Å². The Morgan fingerprint density at radius 3 is 2.84 bits per heavy atom. The highest BCUT2D eigenvalue weighted by Gasteiger charge is 2.24. The first kappa shape index (κ1) is 14.4. The predicted molar refractivity (Wildman–Crippen MR) is 79.6 cm³/mol. The van der Waals surface area contributed by atoms with Crippen LogP contribution in [-0.2, 0) is 0 Å². The molecule has 0 heterocycles. The number of hydrogen-bond donors (Lipinski definition) is 1. The van der Waals surface area contributed by atoms with Crippen LogP contribution in [0.4, 0.5) is 0 Å². The van der Waals surface area contributed by atoms with Crippen LogP contribution in [0, 0.1) is 5.92 Å². The van der Waals surface area contributed by atoms with Crippen molar-refractivity contribution in [1.82, 2.24) is 10.2 Å². The molecule has 2 rings (SSSR count). The number of methoxy groups -OCH3 is 1. The summed E-state index contributed by atoms with van der Waals surface area (Å²) < 4.78 is 5.32. The standard InChI is InChI=1S/C16H26N2O/c1-4-17-16(12-18(2)11-13-8-9-13)14-6-5-7-15(10-14)19-3/h5-7,10,13,16-17H,4,8-9,11-12H2,1-3H3. The Morgan fingerprint density at radius 1 is 1.42 bits per heavy atom. The third-order valence-electron chi connectivity index (χ3n) is 3.71. The van der Waals surface area contributed by atoms with Crippen LogP contribution in [0.5, 0.6) is 5.75 Å². The first-order chi connectivity index (χ1) is 9.22. The molecule has 1 aromatic carbocycles. The molecule has 3 nitrogen and oxygen atoms in total. The molecule has 1 aliphatic carbocycles. The zero-order chi connectivity index (χ0) is 13.7. The fraction of sp³-hybridized carbons (Fsp3) is 0.625. The third-order valence-corrected chi connectivity index (χ3v) is 3.71. The van der Waals surface area contributed by atoms with Gasteiger partial charge in [-0.3, -0.25) is 0 Å². The van der Waals surface area contributed by atoms with Gasteiger partial charge in [0.05, 0.1) is 7.11 Å². The van der Waals surface area contributed by atoms with E-state index in [2.05, 4.69) is 42.4 Å². The highest BCUT2D eigenvalue weighted by atomic mass is 16.5. The first-order valence-corrected chi connectivity index (χ1v) is 7.28. The molecule has 1 aliphatic rings. The van der Waals surface area contributed by atoms with Crippen molar-refractivity contribution >= 4 is 0 Å². The first-order valence-electron chi connectivity index (χ1n) is 7.28. The molecule has 1 atom stereocenters. The summed E-state index contributed by atoms with van der Waals surface area (Å²) in [5.74, 6) is 1.88. The van der Waals surface area contributed by atoms with Crippen LogP contribution < -0.4 is 10.1 Å². The highest BCUT2D eigenvalue weighted by molar-refractivity contribution is 5.30. The molecule has 3 heteroatoms. The van der Waals surface area contributed by atoms with Crippen LogP contribution in [0.2, 0.25) is 0 Å². The van der Waals surface area contributed by atoms with Crippen LogP contribution >= 0.6 is 0 Å². The molecule has 0 amide bonds. The Balaban J connectivity index is 1.99. The summed E-state index contributed by atoms with van der Waals surface area (Å²) in [7, 11) is 3.95. The molecular formula is C16H26N2O. The van der Waals surface area contributed by atoms with Gasteiger partial charge in [-0.15, -0.1) is 0 Å². The normalized spacial score (nSPS) is 16.6. The number of rotatable bonds is 8. The smallest absolute Gasteiger partial charge is 0.119 e. The molecular weight excluding hydrogens is 236 g/mol. The molecule has 1 unspecified atom stereocenters. The molecule has 0 spiro atoms. The van der Waals surface area contributed by atoms with Crippen LogP contribution in [-0.4, -0.2) is 38.7 Å². The van der Waals surface area contributed by atoms with Crippen molar-refractivity contribution in [1.29, 1.82) is 0 Å². The summed E-state index contributed by atoms with van der Waals surface area (Å²) in [4.78, 5) is 2.45. The molecule has 0 aromatic heterocycles. The van der Waals surface area contributed by atoms with E-state index < -0.39 is 0 Å². The second-order valence-corrected chi connectivity index (χ2v) is 5.55. The molecule has 0 saturated heterocycles. The number of hydrogen-bond acceptors (Lipinski definition) is 3. The quantitative estimate of drug-likeness (QED) is 0.779. The van der Waals surface area contributed by atoms with E-state index in [0.29, 0.717) is 6.04 Å². The third kappa shape index (κ3) is 4.51. The molecule has 1 N–H and O–H groups in total. The van der Waals surface area contributed by atoms with Crippen LogP contribution in [0.1, 0.15) is 31.4 Å². The van der Waals surface area contributed by atoms with E-state index in [-0.39, 0.29) is 0 Å². The lowest BCUT2D eigenvalue weighted by Crippen LogP contribution is -2.34. The Hall–Kier alpha value is -1.06. The number of nitrogens with zero attached hydrogens (tertiary/aromatic N) is 1. The second kappa shape index (κ2) is 6.92. The fourth-order valence-corrected chi connectivity index (χ4v) is 2.52. The average Bonchev–Trinajstić information content (AvgIpc) is 3.22. The Kier molecular flexibility index (Phi) is 5.23. The molecule has 1 saturated carbocycles. The SMILES string of the molecule is CCNC(CN(C)CC1CC1)c1cccc(OC)c1. The van der Waals surface area contributed by atoms with Crippen LogP contribution in [0.25, 0.3) is 0 Å². The minimum Gasteiger partial charge on any atom is -0.497 e. The molecule has 0 bridgehead atoms. The summed E-state index contributed by atoms with van der Waals surface area (Å²) in [6.07, 6.45) is 2.82. The van der Waals surface area contributed by atoms with Gasteiger partial charge < -0.3 is 15.0 Å². The van der Waals surface area contributed by atoms with Crippen molar-refractivity contribution in [3.63, 3.8) is 0 Å². The Morgan fingerprint density at radius 2 is 2.21 bits per heavy atom. The number of likely N-dealkylation sites (N-methyl/N-ethyl adjacent to an activating group) is 2. The predicted octanol–water partition coefficient (Wildman–Crippen LogP) is 2.69. The van der Waals surface area contributed by atoms with E-state index in [1.807, 2.05) is 6.07 Å². The van der Waals surface area contributed by atoms with Crippen molar-refractivity contribution in [2.24, 2.45) is 5.92 Å². The van der Waals surface area contributed by atoms with Gasteiger partial charge in [0.25, 0.3) is 0 Å². The highest BCUT2D eigenvalue weighted by Crippen LogP contribution is 2.30. The van der Waals surface area contributed by atoms with E-state index in [1.165, 1.54) is 24.9 Å². The largest absolute Gasteiger partial charge is 0.497 e. The van der Waals surface area contributed by atoms with Gasteiger partial charge in [-0.1, -0.05) is 19.1 Å². The van der Waals surface area contributed by atoms with E-state index in [0.717, 1.165) is 24.8 Å². The Labute approximate surface area is 116 Å². The van der Waals surface area contributed by atoms with E-state index in [4.69, 9.17) is 4.74 Å². The summed E-state index contributed by atoms with van der Waals surface area (Å²) >= 11 is 0. The maximum absolute atomic E-state index is 5.32. The van der Waals surface area contributed by atoms with Gasteiger partial charge in [-0.05, 0) is 50.0 Å². The van der Waals surface area contributed by atoms with Crippen molar-refractivity contribution in [2.45, 2.75) is 25.8 Å². The van der Waals surface area contributed by atoms with Gasteiger partial charge in [0.2, 0.25) is 0 Å². The van der Waals surface area contributed by atoms with Crippen molar-refractivity contribution < 1.29 is 4.74 Å². The lowest BCUT2D eigenvalue weighted by Gasteiger charge is -2.25. The summed E-state index contributed by atoms with van der Waals surface area (Å²) in [5.41, 5.74) is 1.31. The molecule has 106 valence electrons. The number of ether oxygens (including phenoxy) is 1. The molecule has 19 heavy (non-hydrogen) atoms. The molecule has 0 aliphatic heterocycles. The van der Waals surface area contributed by atoms with Gasteiger partial charge in [0, 0.05) is 19.1 Å². The van der Waals surface area contributed by atoms with Gasteiger partial charge in [0.1, 0.15) is 5.75 Å². The van der Waals surface area contributed by atoms with Crippen molar-refractivity contribution in [3.8, 4) is 5.75 Å². The van der Waals surface area contributed by atoms with E-state index in [9.17, 15) is 0 Å². The summed E-state index contributed by atoms with van der Waals surface area (Å²) in [6.45, 7) is 5.43. The van der Waals surface area contributed by atoms with Crippen molar-refractivity contribution in [2.75, 3.05) is 33.8 Å². The number of nitrogens with one attached hydrogen (secondary N) is 1. The molecule has 0 radical (unpaired) electrons. The Bertz CT molecular complexity index is 390. The van der Waals surface area contributed by atoms with Crippen molar-refractivity contribution in [3.05, 3.63) is 29.8 Å². The zero-order valence-corrected chi connectivity index (χ0v) is 12.4. The maximum atomic E-state index is 5.32. The topological polar surface area (TPSA) is 24.5 Å². The van der Waals surface area contributed by atoms with Crippen LogP contribution in [0.3, 0.4) is 0 Å². The summed E-state index contributed by atoms with van der Waals surface area (Å²) in [5, 5.41) is 3.58. The van der Waals surface area contributed by atoms with Gasteiger partial charge in [-0.2, -0.15) is 0 Å². The van der Waals surface area contributed by atoms with E-state index >= 15 is 0 Å². The van der Waals surface area contributed by atoms with Crippen LogP contribution in [0.15, 0.2) is 24.3 Å². The zero-order valence-electron chi connectivity index (χ0n) is 12.4. The average molecular weight is 262 g/mol. The lowest BCUT2D eigenvalue weighted by atomic mass is 10.1. The molecule has 1 aromatic rings. The summed E-state index contributed by atoms with van der Waals surface area (Å²) in [6, 6.07) is 8.77. The van der Waals surface area contributed by atoms with Gasteiger partial charge in [-0.25, -0.2) is 0 Å². The maximum Gasteiger partial charge on any atom is 0.119 e.